The zero-order valence-electron chi connectivity index (χ0n) is 10.8. The number of benzene rings is 1. The number of methoxy groups -OCH3 is 1. The van der Waals surface area contributed by atoms with Gasteiger partial charge in [0.25, 0.3) is 0 Å². The van der Waals surface area contributed by atoms with E-state index in [9.17, 15) is 0 Å². The second-order valence-corrected chi connectivity index (χ2v) is 5.49. The summed E-state index contributed by atoms with van der Waals surface area (Å²) >= 11 is 2.53. The molecule has 0 aromatic heterocycles. The van der Waals surface area contributed by atoms with Gasteiger partial charge < -0.3 is 16.2 Å². The number of halogens is 2. The summed E-state index contributed by atoms with van der Waals surface area (Å²) in [5.74, 6) is 2.02. The third-order valence-electron chi connectivity index (χ3n) is 2.12. The van der Waals surface area contributed by atoms with E-state index in [0.717, 1.165) is 16.9 Å². The Morgan fingerprint density at radius 2 is 1.65 bits per heavy atom. The molecule has 1 aromatic rings. The van der Waals surface area contributed by atoms with E-state index in [-0.39, 0.29) is 44.3 Å². The van der Waals surface area contributed by atoms with Gasteiger partial charge in [-0.15, -0.1) is 34.0 Å². The smallest absolute Gasteiger partial charge is 0.151 e. The van der Waals surface area contributed by atoms with E-state index in [1.54, 1.807) is 7.11 Å². The summed E-state index contributed by atoms with van der Waals surface area (Å²) < 4.78 is 5.26. The Bertz CT molecular complexity index is 460. The van der Waals surface area contributed by atoms with Crippen LogP contribution in [0.15, 0.2) is 18.2 Å². The second-order valence-electron chi connectivity index (χ2n) is 3.45. The molecule has 9 heteroatoms. The van der Waals surface area contributed by atoms with Crippen LogP contribution in [0.25, 0.3) is 0 Å². The molecule has 0 saturated heterocycles. The van der Waals surface area contributed by atoms with E-state index in [2.05, 4.69) is 0 Å². The number of thioether (sulfide) groups is 2. The van der Waals surface area contributed by atoms with E-state index in [1.165, 1.54) is 23.5 Å². The highest BCUT2D eigenvalue weighted by Gasteiger charge is 2.06. The quantitative estimate of drug-likeness (QED) is 0.411. The number of nitrogens with two attached hydrogens (primary N) is 2. The molecule has 0 fully saturated rings. The number of hydrogen-bond donors (Lipinski definition) is 4. The molecule has 0 aliphatic heterocycles. The van der Waals surface area contributed by atoms with Crippen LogP contribution in [0.4, 0.5) is 0 Å². The van der Waals surface area contributed by atoms with Crippen molar-refractivity contribution in [3.8, 4) is 5.75 Å². The molecule has 5 nitrogen and oxygen atoms in total. The highest BCUT2D eigenvalue weighted by atomic mass is 79.9. The van der Waals surface area contributed by atoms with Crippen molar-refractivity contribution in [2.45, 2.75) is 11.5 Å². The van der Waals surface area contributed by atoms with Gasteiger partial charge >= 0.3 is 0 Å². The number of nitrogens with one attached hydrogen (secondary N) is 2. The molecule has 0 unspecified atom stereocenters. The fourth-order valence-electron chi connectivity index (χ4n) is 1.35. The molecule has 0 bridgehead atoms. The number of hydrogen-bond acceptors (Lipinski definition) is 5. The van der Waals surface area contributed by atoms with E-state index < -0.39 is 0 Å². The van der Waals surface area contributed by atoms with Crippen molar-refractivity contribution in [3.63, 3.8) is 0 Å². The van der Waals surface area contributed by atoms with Crippen molar-refractivity contribution in [1.82, 2.24) is 0 Å². The fourth-order valence-corrected chi connectivity index (χ4v) is 2.39. The van der Waals surface area contributed by atoms with Gasteiger partial charge in [0.15, 0.2) is 10.3 Å². The molecule has 114 valence electrons. The van der Waals surface area contributed by atoms with Gasteiger partial charge in [0, 0.05) is 17.1 Å². The largest absolute Gasteiger partial charge is 0.496 e. The third kappa shape index (κ3) is 8.03. The van der Waals surface area contributed by atoms with Crippen LogP contribution in [-0.2, 0) is 11.5 Å². The van der Waals surface area contributed by atoms with Crippen LogP contribution in [0.1, 0.15) is 11.1 Å². The summed E-state index contributed by atoms with van der Waals surface area (Å²) in [6, 6.07) is 5.81. The third-order valence-corrected chi connectivity index (χ3v) is 3.68. The zero-order valence-corrected chi connectivity index (χ0v) is 15.9. The summed E-state index contributed by atoms with van der Waals surface area (Å²) in [6.07, 6.45) is 0. The Morgan fingerprint density at radius 3 is 2.15 bits per heavy atom. The fraction of sp³-hybridized carbons (Fsp3) is 0.273. The molecule has 0 aliphatic carbocycles. The predicted octanol–water partition coefficient (Wildman–Crippen LogP) is 3.10. The summed E-state index contributed by atoms with van der Waals surface area (Å²) in [6.45, 7) is 0. The summed E-state index contributed by atoms with van der Waals surface area (Å²) in [5, 5.41) is 14.6. The van der Waals surface area contributed by atoms with Crippen molar-refractivity contribution in [1.29, 1.82) is 10.8 Å². The Kier molecular flexibility index (Phi) is 12.4. The maximum atomic E-state index is 7.21. The van der Waals surface area contributed by atoms with Crippen molar-refractivity contribution in [3.05, 3.63) is 29.3 Å². The van der Waals surface area contributed by atoms with Crippen LogP contribution in [0, 0.1) is 10.8 Å². The van der Waals surface area contributed by atoms with Gasteiger partial charge in [0.05, 0.1) is 7.11 Å². The Balaban J connectivity index is 0. The topological polar surface area (TPSA) is 109 Å². The lowest BCUT2D eigenvalue weighted by atomic mass is 10.1. The molecule has 0 saturated carbocycles. The standard InChI is InChI=1S/C11H16N4OS2.2BrH/c1-16-9-3-2-7(5-17-10(12)13)4-8(9)6-18-11(14)15;;/h2-4H,5-6H2,1H3,(H3,12,13)(H3,14,15);2*1H. The lowest BCUT2D eigenvalue weighted by molar-refractivity contribution is 0.411. The Hall–Kier alpha value is -0.380. The SMILES string of the molecule is Br.Br.COc1ccc(CSC(=N)N)cc1CSC(=N)N. The molecule has 0 radical (unpaired) electrons. The van der Waals surface area contributed by atoms with Gasteiger partial charge in [-0.1, -0.05) is 35.7 Å². The lowest BCUT2D eigenvalue weighted by Gasteiger charge is -2.10. The first-order chi connectivity index (χ1) is 8.52. The number of rotatable bonds is 5. The predicted molar refractivity (Wildman–Crippen MR) is 100 cm³/mol. The molecule has 1 aromatic carbocycles. The minimum Gasteiger partial charge on any atom is -0.496 e. The van der Waals surface area contributed by atoms with Crippen molar-refractivity contribution >= 4 is 67.8 Å². The van der Waals surface area contributed by atoms with Gasteiger partial charge in [-0.25, -0.2) is 0 Å². The van der Waals surface area contributed by atoms with Crippen molar-refractivity contribution < 1.29 is 4.74 Å². The van der Waals surface area contributed by atoms with E-state index in [0.29, 0.717) is 11.5 Å². The first-order valence-corrected chi connectivity index (χ1v) is 7.09. The number of ether oxygens (including phenoxy) is 1. The average molecular weight is 446 g/mol. The summed E-state index contributed by atoms with van der Waals surface area (Å²) in [5.41, 5.74) is 12.7. The summed E-state index contributed by atoms with van der Waals surface area (Å²) in [7, 11) is 1.61. The molecule has 6 N–H and O–H groups in total. The normalized spacial score (nSPS) is 9.05. The highest BCUT2D eigenvalue weighted by molar-refractivity contribution is 8.93. The van der Waals surface area contributed by atoms with Crippen LogP contribution in [0.5, 0.6) is 5.75 Å². The van der Waals surface area contributed by atoms with Crippen LogP contribution in [-0.4, -0.2) is 17.4 Å². The van der Waals surface area contributed by atoms with E-state index >= 15 is 0 Å². The minimum atomic E-state index is 0. The van der Waals surface area contributed by atoms with E-state index in [1.807, 2.05) is 18.2 Å². The van der Waals surface area contributed by atoms with Crippen LogP contribution < -0.4 is 16.2 Å². The van der Waals surface area contributed by atoms with Gasteiger partial charge in [-0.2, -0.15) is 0 Å². The first-order valence-electron chi connectivity index (χ1n) is 5.12. The van der Waals surface area contributed by atoms with Gasteiger partial charge in [-0.3, -0.25) is 10.8 Å². The molecule has 0 atom stereocenters. The molecular formula is C11H18Br2N4OS2. The van der Waals surface area contributed by atoms with Crippen LogP contribution >= 0.6 is 57.5 Å². The maximum absolute atomic E-state index is 7.21. The maximum Gasteiger partial charge on any atom is 0.151 e. The summed E-state index contributed by atoms with van der Waals surface area (Å²) in [4.78, 5) is 0. The second kappa shape index (κ2) is 11.3. The molecule has 20 heavy (non-hydrogen) atoms. The zero-order chi connectivity index (χ0) is 13.5. The van der Waals surface area contributed by atoms with Gasteiger partial charge in [-0.05, 0) is 11.6 Å². The molecule has 0 aliphatic rings. The van der Waals surface area contributed by atoms with Crippen molar-refractivity contribution in [2.75, 3.05) is 7.11 Å². The molecular weight excluding hydrogens is 428 g/mol. The molecule has 1 rings (SSSR count). The molecule has 0 heterocycles. The Morgan fingerprint density at radius 1 is 1.10 bits per heavy atom. The van der Waals surface area contributed by atoms with Crippen LogP contribution in [0.3, 0.4) is 0 Å². The average Bonchev–Trinajstić information content (AvgIpc) is 2.33. The lowest BCUT2D eigenvalue weighted by Crippen LogP contribution is -2.05. The van der Waals surface area contributed by atoms with Gasteiger partial charge in [0.1, 0.15) is 5.75 Å². The highest BCUT2D eigenvalue weighted by Crippen LogP contribution is 2.26. The van der Waals surface area contributed by atoms with Crippen LogP contribution in [0.2, 0.25) is 0 Å². The molecule has 0 amide bonds. The number of amidine groups is 2. The van der Waals surface area contributed by atoms with Gasteiger partial charge in [0.2, 0.25) is 0 Å². The van der Waals surface area contributed by atoms with E-state index in [4.69, 9.17) is 27.0 Å². The monoisotopic (exact) mass is 444 g/mol. The van der Waals surface area contributed by atoms with Crippen molar-refractivity contribution in [2.24, 2.45) is 11.5 Å². The Labute approximate surface area is 148 Å². The molecule has 0 spiro atoms. The minimum absolute atomic E-state index is 0. The first kappa shape index (κ1) is 21.9.